The van der Waals surface area contributed by atoms with E-state index in [4.69, 9.17) is 4.74 Å². The summed E-state index contributed by atoms with van der Waals surface area (Å²) >= 11 is 0. The fourth-order valence-corrected chi connectivity index (χ4v) is 4.19. The summed E-state index contributed by atoms with van der Waals surface area (Å²) in [6.45, 7) is 2.94. The average Bonchev–Trinajstić information content (AvgIpc) is 2.77. The van der Waals surface area contributed by atoms with E-state index in [9.17, 15) is 9.59 Å². The second kappa shape index (κ2) is 8.55. The van der Waals surface area contributed by atoms with E-state index in [2.05, 4.69) is 16.3 Å². The van der Waals surface area contributed by atoms with Crippen LogP contribution in [0, 0.1) is 5.92 Å². The van der Waals surface area contributed by atoms with E-state index in [1.165, 1.54) is 0 Å². The molecule has 2 amide bonds. The Morgan fingerprint density at radius 2 is 1.79 bits per heavy atom. The van der Waals surface area contributed by atoms with Crippen LogP contribution in [0.3, 0.4) is 0 Å². The van der Waals surface area contributed by atoms with Crippen LogP contribution in [0.15, 0.2) is 48.5 Å². The molecule has 1 N–H and O–H groups in total. The van der Waals surface area contributed by atoms with Crippen LogP contribution in [0.25, 0.3) is 0 Å². The van der Waals surface area contributed by atoms with Crippen molar-refractivity contribution in [2.24, 2.45) is 5.92 Å². The van der Waals surface area contributed by atoms with Crippen LogP contribution in [0.2, 0.25) is 0 Å². The number of nitrogens with one attached hydrogen (secondary N) is 1. The van der Waals surface area contributed by atoms with Crippen LogP contribution >= 0.6 is 0 Å². The minimum Gasteiger partial charge on any atom is -0.495 e. The number of rotatable bonds is 5. The molecule has 152 valence electrons. The van der Waals surface area contributed by atoms with Gasteiger partial charge in [0.15, 0.2) is 0 Å². The van der Waals surface area contributed by atoms with Crippen molar-refractivity contribution >= 4 is 23.2 Å². The molecule has 2 aliphatic heterocycles. The van der Waals surface area contributed by atoms with Crippen LogP contribution in [-0.2, 0) is 16.0 Å². The van der Waals surface area contributed by atoms with Gasteiger partial charge in [0.2, 0.25) is 11.8 Å². The first-order valence-corrected chi connectivity index (χ1v) is 10.2. The first-order chi connectivity index (χ1) is 14.2. The summed E-state index contributed by atoms with van der Waals surface area (Å²) in [6, 6.07) is 15.9. The topological polar surface area (TPSA) is 61.9 Å². The summed E-state index contributed by atoms with van der Waals surface area (Å²) in [4.78, 5) is 29.2. The van der Waals surface area contributed by atoms with Crippen LogP contribution < -0.4 is 15.0 Å². The zero-order chi connectivity index (χ0) is 20.2. The Morgan fingerprint density at radius 3 is 2.59 bits per heavy atom. The van der Waals surface area contributed by atoms with Crippen molar-refractivity contribution in [2.45, 2.75) is 19.3 Å². The van der Waals surface area contributed by atoms with E-state index in [1.807, 2.05) is 47.4 Å². The third kappa shape index (κ3) is 4.21. The molecule has 0 aromatic heterocycles. The molecule has 2 heterocycles. The van der Waals surface area contributed by atoms with Gasteiger partial charge in [0.1, 0.15) is 5.75 Å². The molecule has 1 fully saturated rings. The number of fused-ring (bicyclic) bond motifs is 1. The second-order valence-corrected chi connectivity index (χ2v) is 7.63. The van der Waals surface area contributed by atoms with E-state index in [-0.39, 0.29) is 17.7 Å². The van der Waals surface area contributed by atoms with Crippen molar-refractivity contribution in [2.75, 3.05) is 43.5 Å². The minimum atomic E-state index is -0.135. The van der Waals surface area contributed by atoms with Crippen LogP contribution in [0.4, 0.5) is 11.4 Å². The maximum atomic E-state index is 12.7. The highest BCUT2D eigenvalue weighted by Gasteiger charge is 2.28. The molecule has 1 atom stereocenters. The molecule has 0 saturated carbocycles. The fraction of sp³-hybridized carbons (Fsp3) is 0.391. The third-order valence-corrected chi connectivity index (χ3v) is 5.88. The zero-order valence-electron chi connectivity index (χ0n) is 16.8. The Bertz CT molecular complexity index is 890. The molecule has 0 radical (unpaired) electrons. The van der Waals surface area contributed by atoms with Crippen molar-refractivity contribution in [1.29, 1.82) is 0 Å². The van der Waals surface area contributed by atoms with Gasteiger partial charge in [0.05, 0.1) is 12.8 Å². The highest BCUT2D eigenvalue weighted by Crippen LogP contribution is 2.29. The van der Waals surface area contributed by atoms with Gasteiger partial charge in [0, 0.05) is 44.2 Å². The lowest BCUT2D eigenvalue weighted by Gasteiger charge is -2.37. The minimum absolute atomic E-state index is 0.0255. The molecule has 1 saturated heterocycles. The molecular formula is C23H27N3O3. The number of carbonyl (C=O) groups excluding carboxylic acids is 2. The Balaban J connectivity index is 1.29. The van der Waals surface area contributed by atoms with Crippen molar-refractivity contribution < 1.29 is 14.3 Å². The first-order valence-electron chi connectivity index (χ1n) is 10.2. The summed E-state index contributed by atoms with van der Waals surface area (Å²) in [6.07, 6.45) is 1.71. The average molecular weight is 393 g/mol. The lowest BCUT2D eigenvalue weighted by atomic mass is 9.89. The van der Waals surface area contributed by atoms with Gasteiger partial charge in [-0.1, -0.05) is 30.3 Å². The molecule has 4 rings (SSSR count). The Kier molecular flexibility index (Phi) is 5.69. The van der Waals surface area contributed by atoms with Crippen molar-refractivity contribution in [3.63, 3.8) is 0 Å². The number of hydrogen-bond donors (Lipinski definition) is 1. The van der Waals surface area contributed by atoms with Gasteiger partial charge in [-0.3, -0.25) is 9.59 Å². The zero-order valence-corrected chi connectivity index (χ0v) is 16.8. The Hall–Kier alpha value is -3.02. The highest BCUT2D eigenvalue weighted by atomic mass is 16.5. The Morgan fingerprint density at radius 1 is 1.07 bits per heavy atom. The van der Waals surface area contributed by atoms with E-state index in [1.54, 1.807) is 7.11 Å². The van der Waals surface area contributed by atoms with Gasteiger partial charge < -0.3 is 19.9 Å². The monoisotopic (exact) mass is 393 g/mol. The summed E-state index contributed by atoms with van der Waals surface area (Å²) in [5.41, 5.74) is 3.11. The number of ether oxygens (including phenoxy) is 1. The largest absolute Gasteiger partial charge is 0.495 e. The molecule has 2 aliphatic rings. The van der Waals surface area contributed by atoms with E-state index in [0.717, 1.165) is 35.8 Å². The number of para-hydroxylation sites is 3. The summed E-state index contributed by atoms with van der Waals surface area (Å²) in [5.74, 6) is 0.883. The maximum Gasteiger partial charge on any atom is 0.227 e. The van der Waals surface area contributed by atoms with Gasteiger partial charge in [-0.05, 0) is 36.6 Å². The van der Waals surface area contributed by atoms with E-state index in [0.29, 0.717) is 32.4 Å². The van der Waals surface area contributed by atoms with Gasteiger partial charge in [-0.15, -0.1) is 0 Å². The SMILES string of the molecule is COc1ccccc1N1CCN(C(=O)CCC2Cc3ccccc3NC2=O)CC1. The number of anilines is 2. The predicted molar refractivity (Wildman–Crippen MR) is 113 cm³/mol. The van der Waals surface area contributed by atoms with Crippen molar-refractivity contribution in [1.82, 2.24) is 4.90 Å². The highest BCUT2D eigenvalue weighted by molar-refractivity contribution is 5.96. The Labute approximate surface area is 171 Å². The fourth-order valence-electron chi connectivity index (χ4n) is 4.19. The smallest absolute Gasteiger partial charge is 0.227 e. The van der Waals surface area contributed by atoms with E-state index >= 15 is 0 Å². The van der Waals surface area contributed by atoms with Crippen molar-refractivity contribution in [3.05, 3.63) is 54.1 Å². The summed E-state index contributed by atoms with van der Waals surface area (Å²) in [5, 5.41) is 2.97. The number of methoxy groups -OCH3 is 1. The molecule has 6 nitrogen and oxygen atoms in total. The van der Waals surface area contributed by atoms with Gasteiger partial charge in [-0.2, -0.15) is 0 Å². The van der Waals surface area contributed by atoms with Crippen LogP contribution in [0.1, 0.15) is 18.4 Å². The molecular weight excluding hydrogens is 366 g/mol. The number of amides is 2. The lowest BCUT2D eigenvalue weighted by Crippen LogP contribution is -2.49. The van der Waals surface area contributed by atoms with Crippen LogP contribution in [-0.4, -0.2) is 50.0 Å². The number of carbonyl (C=O) groups is 2. The number of benzene rings is 2. The third-order valence-electron chi connectivity index (χ3n) is 5.88. The molecule has 2 aromatic carbocycles. The number of piperazine rings is 1. The molecule has 2 aromatic rings. The molecule has 1 unspecified atom stereocenters. The lowest BCUT2D eigenvalue weighted by molar-refractivity contribution is -0.132. The molecule has 6 heteroatoms. The molecule has 0 aliphatic carbocycles. The van der Waals surface area contributed by atoms with Crippen LogP contribution in [0.5, 0.6) is 5.75 Å². The summed E-state index contributed by atoms with van der Waals surface area (Å²) < 4.78 is 5.45. The number of nitrogens with zero attached hydrogens (tertiary/aromatic N) is 2. The first kappa shape index (κ1) is 19.3. The predicted octanol–water partition coefficient (Wildman–Crippen LogP) is 2.94. The summed E-state index contributed by atoms with van der Waals surface area (Å²) in [7, 11) is 1.68. The van der Waals surface area contributed by atoms with Gasteiger partial charge >= 0.3 is 0 Å². The number of hydrogen-bond acceptors (Lipinski definition) is 4. The van der Waals surface area contributed by atoms with E-state index < -0.39 is 0 Å². The second-order valence-electron chi connectivity index (χ2n) is 7.63. The maximum absolute atomic E-state index is 12.7. The molecule has 0 bridgehead atoms. The quantitative estimate of drug-likeness (QED) is 0.849. The van der Waals surface area contributed by atoms with Crippen molar-refractivity contribution in [3.8, 4) is 5.75 Å². The van der Waals surface area contributed by atoms with Gasteiger partial charge in [-0.25, -0.2) is 0 Å². The normalized spacial score (nSPS) is 18.8. The molecule has 29 heavy (non-hydrogen) atoms. The standard InChI is InChI=1S/C23H27N3O3/c1-29-21-9-5-4-8-20(21)25-12-14-26(15-13-25)22(27)11-10-18-16-17-6-2-3-7-19(17)24-23(18)28/h2-9,18H,10-16H2,1H3,(H,24,28). The van der Waals surface area contributed by atoms with Gasteiger partial charge in [0.25, 0.3) is 0 Å². The molecule has 0 spiro atoms.